The zero-order chi connectivity index (χ0) is 12.5. The summed E-state index contributed by atoms with van der Waals surface area (Å²) in [6.07, 6.45) is 5.92. The number of rotatable bonds is 3. The maximum Gasteiger partial charge on any atom is 0.168 e. The highest BCUT2D eigenvalue weighted by molar-refractivity contribution is 6.20. The molecule has 17 heavy (non-hydrogen) atoms. The van der Waals surface area contributed by atoms with Crippen molar-refractivity contribution < 1.29 is 9.47 Å². The molecule has 1 aliphatic heterocycles. The molecular formula is C14H25ClO2. The first kappa shape index (κ1) is 13.6. The van der Waals surface area contributed by atoms with Crippen LogP contribution < -0.4 is 0 Å². The summed E-state index contributed by atoms with van der Waals surface area (Å²) in [5.74, 6) is 1.39. The fourth-order valence-electron chi connectivity index (χ4n) is 3.05. The molecule has 0 bridgehead atoms. The first-order valence-electron chi connectivity index (χ1n) is 7.02. The van der Waals surface area contributed by atoms with Gasteiger partial charge < -0.3 is 9.47 Å². The van der Waals surface area contributed by atoms with E-state index in [4.69, 9.17) is 21.1 Å². The van der Waals surface area contributed by atoms with Gasteiger partial charge in [0.1, 0.15) is 6.10 Å². The van der Waals surface area contributed by atoms with Crippen molar-refractivity contribution in [3.63, 3.8) is 0 Å². The van der Waals surface area contributed by atoms with Crippen LogP contribution in [0.1, 0.15) is 52.9 Å². The quantitative estimate of drug-likeness (QED) is 0.715. The lowest BCUT2D eigenvalue weighted by Crippen LogP contribution is -2.37. The Morgan fingerprint density at radius 2 is 1.94 bits per heavy atom. The van der Waals surface area contributed by atoms with E-state index in [1.54, 1.807) is 0 Å². The molecule has 3 heteroatoms. The Hall–Kier alpha value is 0.210. The highest BCUT2D eigenvalue weighted by Gasteiger charge is 2.45. The van der Waals surface area contributed by atoms with Gasteiger partial charge in [0, 0.05) is 12.8 Å². The summed E-state index contributed by atoms with van der Waals surface area (Å²) in [7, 11) is 0. The van der Waals surface area contributed by atoms with Gasteiger partial charge in [-0.3, -0.25) is 0 Å². The Bertz CT molecular complexity index is 247. The summed E-state index contributed by atoms with van der Waals surface area (Å²) in [4.78, 5) is 0. The van der Waals surface area contributed by atoms with Gasteiger partial charge in [-0.2, -0.15) is 0 Å². The summed E-state index contributed by atoms with van der Waals surface area (Å²) in [5.41, 5.74) is 0. The lowest BCUT2D eigenvalue weighted by molar-refractivity contribution is -0.194. The average Bonchev–Trinajstić information content (AvgIpc) is 2.74. The minimum atomic E-state index is -0.294. The number of hydrogen-bond donors (Lipinski definition) is 0. The molecule has 0 aromatic carbocycles. The van der Waals surface area contributed by atoms with E-state index in [0.717, 1.165) is 24.7 Å². The standard InChI is InChI=1S/C14H25ClO2/c1-4-10(2)12-5-7-14(8-6-12)16-9-13(17-14)11(3)15/h10-13H,4-9H2,1-3H3. The zero-order valence-corrected chi connectivity index (χ0v) is 12.0. The van der Waals surface area contributed by atoms with Gasteiger partial charge in [0.05, 0.1) is 12.0 Å². The van der Waals surface area contributed by atoms with Crippen LogP contribution in [0.25, 0.3) is 0 Å². The van der Waals surface area contributed by atoms with Gasteiger partial charge in [0.2, 0.25) is 0 Å². The molecule has 3 atom stereocenters. The monoisotopic (exact) mass is 260 g/mol. The van der Waals surface area contributed by atoms with Crippen LogP contribution in [-0.2, 0) is 9.47 Å². The SMILES string of the molecule is CCC(C)C1CCC2(CC1)OCC(C(C)Cl)O2. The van der Waals surface area contributed by atoms with Crippen molar-refractivity contribution in [2.24, 2.45) is 11.8 Å². The van der Waals surface area contributed by atoms with Crippen molar-refractivity contribution in [3.05, 3.63) is 0 Å². The van der Waals surface area contributed by atoms with Crippen LogP contribution >= 0.6 is 11.6 Å². The molecule has 2 nitrogen and oxygen atoms in total. The van der Waals surface area contributed by atoms with E-state index in [1.165, 1.54) is 19.3 Å². The predicted molar refractivity (Wildman–Crippen MR) is 70.3 cm³/mol. The van der Waals surface area contributed by atoms with Crippen LogP contribution in [0.15, 0.2) is 0 Å². The van der Waals surface area contributed by atoms with Gasteiger partial charge in [-0.1, -0.05) is 20.3 Å². The van der Waals surface area contributed by atoms with Gasteiger partial charge in [-0.05, 0) is 31.6 Å². The van der Waals surface area contributed by atoms with Crippen LogP contribution in [-0.4, -0.2) is 23.9 Å². The average molecular weight is 261 g/mol. The molecule has 1 aliphatic carbocycles. The Labute approximate surface area is 110 Å². The van der Waals surface area contributed by atoms with Crippen molar-refractivity contribution in [2.45, 2.75) is 70.1 Å². The van der Waals surface area contributed by atoms with Crippen LogP contribution in [0, 0.1) is 11.8 Å². The molecule has 2 rings (SSSR count). The first-order chi connectivity index (χ1) is 8.06. The molecule has 2 fully saturated rings. The van der Waals surface area contributed by atoms with Gasteiger partial charge in [-0.15, -0.1) is 11.6 Å². The molecule has 0 aromatic heterocycles. The molecular weight excluding hydrogens is 236 g/mol. The Balaban J connectivity index is 1.87. The van der Waals surface area contributed by atoms with Gasteiger partial charge in [0.15, 0.2) is 5.79 Å². The second-order valence-electron chi connectivity index (χ2n) is 5.78. The number of ether oxygens (including phenoxy) is 2. The molecule has 0 aromatic rings. The van der Waals surface area contributed by atoms with E-state index in [1.807, 2.05) is 6.92 Å². The molecule has 1 saturated carbocycles. The fraction of sp³-hybridized carbons (Fsp3) is 1.00. The van der Waals surface area contributed by atoms with Crippen molar-refractivity contribution >= 4 is 11.6 Å². The molecule has 0 amide bonds. The van der Waals surface area contributed by atoms with Gasteiger partial charge in [-0.25, -0.2) is 0 Å². The fourth-order valence-corrected chi connectivity index (χ4v) is 3.17. The maximum absolute atomic E-state index is 6.08. The van der Waals surface area contributed by atoms with E-state index < -0.39 is 0 Å². The van der Waals surface area contributed by atoms with E-state index in [0.29, 0.717) is 6.61 Å². The number of hydrogen-bond acceptors (Lipinski definition) is 2. The minimum absolute atomic E-state index is 0.0432. The normalized spacial score (nSPS) is 41.6. The molecule has 1 saturated heterocycles. The highest BCUT2D eigenvalue weighted by Crippen LogP contribution is 2.43. The van der Waals surface area contributed by atoms with E-state index in [9.17, 15) is 0 Å². The van der Waals surface area contributed by atoms with Gasteiger partial charge >= 0.3 is 0 Å². The van der Waals surface area contributed by atoms with Crippen molar-refractivity contribution in [2.75, 3.05) is 6.61 Å². The molecule has 1 spiro atoms. The smallest absolute Gasteiger partial charge is 0.168 e. The molecule has 100 valence electrons. The van der Waals surface area contributed by atoms with Crippen LogP contribution in [0.4, 0.5) is 0 Å². The van der Waals surface area contributed by atoms with Crippen LogP contribution in [0.3, 0.4) is 0 Å². The summed E-state index contributed by atoms with van der Waals surface area (Å²) in [6, 6.07) is 0. The second kappa shape index (κ2) is 5.46. The summed E-state index contributed by atoms with van der Waals surface area (Å²) < 4.78 is 12.0. The van der Waals surface area contributed by atoms with Crippen molar-refractivity contribution in [3.8, 4) is 0 Å². The van der Waals surface area contributed by atoms with E-state index in [-0.39, 0.29) is 17.3 Å². The predicted octanol–water partition coefficient (Wildman–Crippen LogP) is 3.96. The zero-order valence-electron chi connectivity index (χ0n) is 11.2. The third kappa shape index (κ3) is 2.97. The van der Waals surface area contributed by atoms with Crippen molar-refractivity contribution in [1.29, 1.82) is 0 Å². The van der Waals surface area contributed by atoms with Crippen LogP contribution in [0.5, 0.6) is 0 Å². The summed E-state index contributed by atoms with van der Waals surface area (Å²) in [5, 5.41) is 0.0432. The van der Waals surface area contributed by atoms with Crippen molar-refractivity contribution in [1.82, 2.24) is 0 Å². The molecule has 0 radical (unpaired) electrons. The molecule has 0 N–H and O–H groups in total. The Kier molecular flexibility index (Phi) is 4.38. The Morgan fingerprint density at radius 3 is 2.41 bits per heavy atom. The number of alkyl halides is 1. The molecule has 2 aliphatic rings. The van der Waals surface area contributed by atoms with Gasteiger partial charge in [0.25, 0.3) is 0 Å². The lowest BCUT2D eigenvalue weighted by Gasteiger charge is -2.38. The lowest BCUT2D eigenvalue weighted by atomic mass is 9.77. The second-order valence-corrected chi connectivity index (χ2v) is 6.47. The topological polar surface area (TPSA) is 18.5 Å². The van der Waals surface area contributed by atoms with E-state index in [2.05, 4.69) is 13.8 Å². The molecule has 3 unspecified atom stereocenters. The minimum Gasteiger partial charge on any atom is -0.347 e. The summed E-state index contributed by atoms with van der Waals surface area (Å²) >= 11 is 6.08. The number of halogens is 1. The van der Waals surface area contributed by atoms with E-state index >= 15 is 0 Å². The first-order valence-corrected chi connectivity index (χ1v) is 7.46. The highest BCUT2D eigenvalue weighted by atomic mass is 35.5. The van der Waals surface area contributed by atoms with Crippen LogP contribution in [0.2, 0.25) is 0 Å². The molecule has 1 heterocycles. The summed E-state index contributed by atoms with van der Waals surface area (Å²) in [6.45, 7) is 7.30. The Morgan fingerprint density at radius 1 is 1.29 bits per heavy atom. The third-order valence-electron chi connectivity index (χ3n) is 4.63. The maximum atomic E-state index is 6.08. The largest absolute Gasteiger partial charge is 0.347 e. The third-order valence-corrected chi connectivity index (χ3v) is 4.91.